The SMILES string of the molecule is COc1cccc(NC(=O)CN(C)C(=O)CN(C)c2ccc(F)cc2)c1. The Bertz CT molecular complexity index is 765. The van der Waals surface area contributed by atoms with E-state index in [-0.39, 0.29) is 30.7 Å². The van der Waals surface area contributed by atoms with Gasteiger partial charge in [0.2, 0.25) is 11.8 Å². The smallest absolute Gasteiger partial charge is 0.243 e. The van der Waals surface area contributed by atoms with Gasteiger partial charge in [0, 0.05) is 31.5 Å². The lowest BCUT2D eigenvalue weighted by atomic mass is 10.3. The monoisotopic (exact) mass is 359 g/mol. The van der Waals surface area contributed by atoms with E-state index in [0.29, 0.717) is 17.1 Å². The molecule has 2 aromatic rings. The molecule has 0 saturated carbocycles. The van der Waals surface area contributed by atoms with E-state index in [1.807, 2.05) is 0 Å². The van der Waals surface area contributed by atoms with Crippen LogP contribution in [0, 0.1) is 5.82 Å². The van der Waals surface area contributed by atoms with Crippen molar-refractivity contribution >= 4 is 23.2 Å². The molecule has 138 valence electrons. The van der Waals surface area contributed by atoms with Gasteiger partial charge in [-0.25, -0.2) is 4.39 Å². The number of carbonyl (C=O) groups is 2. The van der Waals surface area contributed by atoms with E-state index < -0.39 is 0 Å². The van der Waals surface area contributed by atoms with Crippen LogP contribution in [0.1, 0.15) is 0 Å². The van der Waals surface area contributed by atoms with E-state index >= 15 is 0 Å². The third-order valence-corrected chi connectivity index (χ3v) is 3.80. The van der Waals surface area contributed by atoms with E-state index in [4.69, 9.17) is 4.74 Å². The summed E-state index contributed by atoms with van der Waals surface area (Å²) >= 11 is 0. The summed E-state index contributed by atoms with van der Waals surface area (Å²) in [5, 5.41) is 2.73. The van der Waals surface area contributed by atoms with E-state index in [2.05, 4.69) is 5.32 Å². The van der Waals surface area contributed by atoms with Crippen LogP contribution in [0.25, 0.3) is 0 Å². The van der Waals surface area contributed by atoms with Crippen LogP contribution >= 0.6 is 0 Å². The first-order valence-corrected chi connectivity index (χ1v) is 8.03. The minimum absolute atomic E-state index is 0.0761. The largest absolute Gasteiger partial charge is 0.497 e. The topological polar surface area (TPSA) is 61.9 Å². The number of halogens is 1. The third kappa shape index (κ3) is 5.47. The van der Waals surface area contributed by atoms with Gasteiger partial charge in [-0.1, -0.05) is 6.07 Å². The average molecular weight is 359 g/mol. The van der Waals surface area contributed by atoms with Gasteiger partial charge in [0.05, 0.1) is 20.2 Å². The van der Waals surface area contributed by atoms with Crippen LogP contribution in [0.4, 0.5) is 15.8 Å². The third-order valence-electron chi connectivity index (χ3n) is 3.80. The first kappa shape index (κ1) is 19.2. The molecule has 0 aliphatic rings. The molecular weight excluding hydrogens is 337 g/mol. The van der Waals surface area contributed by atoms with Crippen molar-refractivity contribution in [1.29, 1.82) is 0 Å². The maximum atomic E-state index is 13.0. The Morgan fingerprint density at radius 3 is 2.42 bits per heavy atom. The quantitative estimate of drug-likeness (QED) is 0.824. The number of rotatable bonds is 7. The lowest BCUT2D eigenvalue weighted by Crippen LogP contribution is -2.40. The Balaban J connectivity index is 1.87. The van der Waals surface area contributed by atoms with Crippen LogP contribution < -0.4 is 15.0 Å². The number of ether oxygens (including phenoxy) is 1. The van der Waals surface area contributed by atoms with E-state index in [1.54, 1.807) is 62.5 Å². The molecule has 26 heavy (non-hydrogen) atoms. The Kier molecular flexibility index (Phi) is 6.54. The first-order valence-electron chi connectivity index (χ1n) is 8.03. The van der Waals surface area contributed by atoms with Gasteiger partial charge >= 0.3 is 0 Å². The van der Waals surface area contributed by atoms with Gasteiger partial charge in [-0.3, -0.25) is 9.59 Å². The van der Waals surface area contributed by atoms with Crippen molar-refractivity contribution in [3.05, 3.63) is 54.3 Å². The second kappa shape index (κ2) is 8.84. The summed E-state index contributed by atoms with van der Waals surface area (Å²) in [5.41, 5.74) is 1.31. The number of hydrogen-bond donors (Lipinski definition) is 1. The molecule has 2 rings (SSSR count). The maximum Gasteiger partial charge on any atom is 0.243 e. The first-order chi connectivity index (χ1) is 12.4. The van der Waals surface area contributed by atoms with Crippen LogP contribution in [0.2, 0.25) is 0 Å². The molecule has 0 bridgehead atoms. The molecule has 2 amide bonds. The van der Waals surface area contributed by atoms with Crippen LogP contribution in [-0.4, -0.2) is 51.0 Å². The van der Waals surface area contributed by atoms with Crippen molar-refractivity contribution in [3.63, 3.8) is 0 Å². The molecule has 0 fully saturated rings. The summed E-state index contributed by atoms with van der Waals surface area (Å²) in [6.07, 6.45) is 0. The molecule has 0 radical (unpaired) electrons. The summed E-state index contributed by atoms with van der Waals surface area (Å²) in [6.45, 7) is 0.00186. The minimum Gasteiger partial charge on any atom is -0.497 e. The lowest BCUT2D eigenvalue weighted by molar-refractivity contribution is -0.132. The zero-order valence-corrected chi connectivity index (χ0v) is 15.0. The highest BCUT2D eigenvalue weighted by molar-refractivity contribution is 5.95. The number of nitrogens with zero attached hydrogens (tertiary/aromatic N) is 2. The van der Waals surface area contributed by atoms with Gasteiger partial charge in [0.15, 0.2) is 0 Å². The van der Waals surface area contributed by atoms with Crippen molar-refractivity contribution in [3.8, 4) is 5.75 Å². The Labute approximate surface area is 152 Å². The normalized spacial score (nSPS) is 10.2. The summed E-state index contributed by atoms with van der Waals surface area (Å²) in [4.78, 5) is 27.4. The van der Waals surface area contributed by atoms with E-state index in [1.165, 1.54) is 17.0 Å². The van der Waals surface area contributed by atoms with Crippen molar-refractivity contribution < 1.29 is 18.7 Å². The fourth-order valence-corrected chi connectivity index (χ4v) is 2.32. The minimum atomic E-state index is -0.334. The van der Waals surface area contributed by atoms with Crippen LogP contribution in [0.15, 0.2) is 48.5 Å². The highest BCUT2D eigenvalue weighted by Gasteiger charge is 2.15. The number of carbonyl (C=O) groups excluding carboxylic acids is 2. The molecule has 2 aromatic carbocycles. The molecule has 6 nitrogen and oxygen atoms in total. The molecule has 0 heterocycles. The average Bonchev–Trinajstić information content (AvgIpc) is 2.62. The van der Waals surface area contributed by atoms with Gasteiger partial charge in [0.25, 0.3) is 0 Å². The van der Waals surface area contributed by atoms with Crippen LogP contribution in [0.3, 0.4) is 0 Å². The Morgan fingerprint density at radius 2 is 1.77 bits per heavy atom. The zero-order chi connectivity index (χ0) is 19.1. The molecule has 0 unspecified atom stereocenters. The highest BCUT2D eigenvalue weighted by Crippen LogP contribution is 2.16. The van der Waals surface area contributed by atoms with Gasteiger partial charge in [0.1, 0.15) is 11.6 Å². The number of benzene rings is 2. The van der Waals surface area contributed by atoms with E-state index in [9.17, 15) is 14.0 Å². The summed E-state index contributed by atoms with van der Waals surface area (Å²) in [7, 11) is 4.84. The summed E-state index contributed by atoms with van der Waals surface area (Å²) in [5.74, 6) is -0.232. The second-order valence-corrected chi connectivity index (χ2v) is 5.86. The molecule has 0 aliphatic carbocycles. The van der Waals surface area contributed by atoms with Crippen LogP contribution in [0.5, 0.6) is 5.75 Å². The Morgan fingerprint density at radius 1 is 1.08 bits per heavy atom. The number of nitrogens with one attached hydrogen (secondary N) is 1. The number of likely N-dealkylation sites (N-methyl/N-ethyl adjacent to an activating group) is 2. The number of hydrogen-bond acceptors (Lipinski definition) is 4. The van der Waals surface area contributed by atoms with E-state index in [0.717, 1.165) is 0 Å². The van der Waals surface area contributed by atoms with Crippen LogP contribution in [-0.2, 0) is 9.59 Å². The van der Waals surface area contributed by atoms with Crippen molar-refractivity contribution in [1.82, 2.24) is 4.90 Å². The maximum absolute atomic E-state index is 13.0. The fraction of sp³-hybridized carbons (Fsp3) is 0.263. The fourth-order valence-electron chi connectivity index (χ4n) is 2.32. The summed E-state index contributed by atoms with van der Waals surface area (Å²) in [6, 6.07) is 12.8. The standard InChI is InChI=1S/C19H22FN3O3/c1-22(16-9-7-14(20)8-10-16)13-19(25)23(2)12-18(24)21-15-5-4-6-17(11-15)26-3/h4-11H,12-13H2,1-3H3,(H,21,24). The molecular formula is C19H22FN3O3. The van der Waals surface area contributed by atoms with Crippen molar-refractivity contribution in [2.75, 3.05) is 44.5 Å². The lowest BCUT2D eigenvalue weighted by Gasteiger charge is -2.23. The molecule has 1 N–H and O–H groups in total. The zero-order valence-electron chi connectivity index (χ0n) is 15.0. The molecule has 7 heteroatoms. The molecule has 0 aliphatic heterocycles. The van der Waals surface area contributed by atoms with Crippen molar-refractivity contribution in [2.45, 2.75) is 0 Å². The van der Waals surface area contributed by atoms with Gasteiger partial charge < -0.3 is 19.9 Å². The number of amides is 2. The van der Waals surface area contributed by atoms with Gasteiger partial charge in [-0.05, 0) is 36.4 Å². The molecule has 0 atom stereocenters. The highest BCUT2D eigenvalue weighted by atomic mass is 19.1. The van der Waals surface area contributed by atoms with Crippen molar-refractivity contribution in [2.24, 2.45) is 0 Å². The molecule has 0 saturated heterocycles. The molecule has 0 aromatic heterocycles. The summed E-state index contributed by atoms with van der Waals surface area (Å²) < 4.78 is 18.1. The number of methoxy groups -OCH3 is 1. The predicted octanol–water partition coefficient (Wildman–Crippen LogP) is 2.37. The Hall–Kier alpha value is -3.09. The molecule has 0 spiro atoms. The van der Waals surface area contributed by atoms with Gasteiger partial charge in [-0.15, -0.1) is 0 Å². The number of anilines is 2. The second-order valence-electron chi connectivity index (χ2n) is 5.86. The predicted molar refractivity (Wildman–Crippen MR) is 98.9 cm³/mol. The van der Waals surface area contributed by atoms with Gasteiger partial charge in [-0.2, -0.15) is 0 Å².